The Balaban J connectivity index is 1.69. The molecule has 28 heavy (non-hydrogen) atoms. The highest BCUT2D eigenvalue weighted by atomic mass is 32.1. The van der Waals surface area contributed by atoms with Crippen LogP contribution in [0.3, 0.4) is 0 Å². The minimum Gasteiger partial charge on any atom is -0.495 e. The molecular formula is C20H18N2O5S. The Bertz CT molecular complexity index is 970. The molecule has 3 rings (SSSR count). The van der Waals surface area contributed by atoms with Crippen LogP contribution in [-0.4, -0.2) is 29.6 Å². The number of amides is 1. The molecule has 0 saturated carbocycles. The Morgan fingerprint density at radius 1 is 1.21 bits per heavy atom. The monoisotopic (exact) mass is 398 g/mol. The van der Waals surface area contributed by atoms with E-state index in [0.717, 1.165) is 10.4 Å². The van der Waals surface area contributed by atoms with Crippen molar-refractivity contribution in [2.24, 2.45) is 0 Å². The number of rotatable bonds is 7. The van der Waals surface area contributed by atoms with Crippen LogP contribution in [0.1, 0.15) is 21.3 Å². The zero-order valence-corrected chi connectivity index (χ0v) is 15.8. The number of nitro groups is 1. The number of carbonyl (C=O) groups excluding carboxylic acids is 1. The highest BCUT2D eigenvalue weighted by Gasteiger charge is 2.19. The average molecular weight is 398 g/mol. The Morgan fingerprint density at radius 3 is 2.50 bits per heavy atom. The predicted octanol–water partition coefficient (Wildman–Crippen LogP) is 3.80. The first-order valence-electron chi connectivity index (χ1n) is 8.43. The molecule has 144 valence electrons. The van der Waals surface area contributed by atoms with E-state index in [2.05, 4.69) is 5.32 Å². The zero-order chi connectivity index (χ0) is 20.1. The van der Waals surface area contributed by atoms with Crippen molar-refractivity contribution in [1.29, 1.82) is 0 Å². The number of non-ortho nitro benzene ring substituents is 1. The van der Waals surface area contributed by atoms with E-state index in [0.29, 0.717) is 16.2 Å². The van der Waals surface area contributed by atoms with Gasteiger partial charge in [-0.25, -0.2) is 0 Å². The van der Waals surface area contributed by atoms with E-state index in [1.807, 2.05) is 36.4 Å². The predicted molar refractivity (Wildman–Crippen MR) is 107 cm³/mol. The minimum absolute atomic E-state index is 0.0294. The molecule has 0 radical (unpaired) electrons. The van der Waals surface area contributed by atoms with Crippen molar-refractivity contribution < 1.29 is 19.6 Å². The fourth-order valence-electron chi connectivity index (χ4n) is 2.63. The van der Waals surface area contributed by atoms with Crippen LogP contribution in [0, 0.1) is 10.1 Å². The molecule has 2 N–H and O–H groups in total. The van der Waals surface area contributed by atoms with Crippen molar-refractivity contribution in [2.75, 3.05) is 13.7 Å². The second-order valence-corrected chi connectivity index (χ2v) is 7.00. The third-order valence-corrected chi connectivity index (χ3v) is 5.29. The van der Waals surface area contributed by atoms with Gasteiger partial charge in [-0.2, -0.15) is 0 Å². The summed E-state index contributed by atoms with van der Waals surface area (Å²) in [5.41, 5.74) is 1.40. The quantitative estimate of drug-likeness (QED) is 0.466. The van der Waals surface area contributed by atoms with Gasteiger partial charge >= 0.3 is 0 Å². The SMILES string of the molecule is COc1cc(-c2ccccc2)sc1C(=O)NC[C@@H](O)c1ccc([N+](=O)[O-])cc1. The van der Waals surface area contributed by atoms with Crippen LogP contribution in [-0.2, 0) is 0 Å². The molecule has 1 atom stereocenters. The van der Waals surface area contributed by atoms with E-state index in [1.165, 1.54) is 42.7 Å². The second kappa shape index (κ2) is 8.64. The van der Waals surface area contributed by atoms with Crippen LogP contribution < -0.4 is 10.1 Å². The largest absolute Gasteiger partial charge is 0.495 e. The minimum atomic E-state index is -0.982. The van der Waals surface area contributed by atoms with Crippen molar-refractivity contribution in [3.63, 3.8) is 0 Å². The number of hydrogen-bond donors (Lipinski definition) is 2. The van der Waals surface area contributed by atoms with Gasteiger partial charge in [0.1, 0.15) is 10.6 Å². The molecule has 0 saturated heterocycles. The van der Waals surface area contributed by atoms with Gasteiger partial charge in [0.05, 0.1) is 18.1 Å². The summed E-state index contributed by atoms with van der Waals surface area (Å²) in [6.45, 7) is -0.0294. The third-order valence-electron chi connectivity index (χ3n) is 4.13. The summed E-state index contributed by atoms with van der Waals surface area (Å²) in [4.78, 5) is 24.1. The summed E-state index contributed by atoms with van der Waals surface area (Å²) < 4.78 is 5.32. The molecule has 7 nitrogen and oxygen atoms in total. The molecule has 0 fully saturated rings. The van der Waals surface area contributed by atoms with Crippen molar-refractivity contribution in [2.45, 2.75) is 6.10 Å². The molecule has 0 aliphatic rings. The number of ether oxygens (including phenoxy) is 1. The number of thiophene rings is 1. The molecule has 0 unspecified atom stereocenters. The topological polar surface area (TPSA) is 102 Å². The number of nitrogens with one attached hydrogen (secondary N) is 1. The molecule has 1 aromatic heterocycles. The Hall–Kier alpha value is -3.23. The van der Waals surface area contributed by atoms with Gasteiger partial charge in [0, 0.05) is 23.6 Å². The molecule has 2 aromatic carbocycles. The number of methoxy groups -OCH3 is 1. The lowest BCUT2D eigenvalue weighted by molar-refractivity contribution is -0.384. The Morgan fingerprint density at radius 2 is 1.89 bits per heavy atom. The van der Waals surface area contributed by atoms with Crippen molar-refractivity contribution in [3.8, 4) is 16.2 Å². The van der Waals surface area contributed by atoms with Gasteiger partial charge < -0.3 is 15.2 Å². The maximum absolute atomic E-state index is 12.6. The van der Waals surface area contributed by atoms with E-state index in [1.54, 1.807) is 0 Å². The Kier molecular flexibility index (Phi) is 6.03. The van der Waals surface area contributed by atoms with Gasteiger partial charge in [-0.3, -0.25) is 14.9 Å². The number of benzene rings is 2. The van der Waals surface area contributed by atoms with Crippen molar-refractivity contribution in [1.82, 2.24) is 5.32 Å². The third kappa shape index (κ3) is 4.36. The molecule has 1 heterocycles. The number of nitrogens with zero attached hydrogens (tertiary/aromatic N) is 1. The number of hydrogen-bond acceptors (Lipinski definition) is 6. The number of aliphatic hydroxyl groups excluding tert-OH is 1. The van der Waals surface area contributed by atoms with E-state index < -0.39 is 11.0 Å². The van der Waals surface area contributed by atoms with Gasteiger partial charge in [-0.15, -0.1) is 11.3 Å². The summed E-state index contributed by atoms with van der Waals surface area (Å²) in [6, 6.07) is 17.0. The van der Waals surface area contributed by atoms with Crippen molar-refractivity contribution in [3.05, 3.63) is 81.2 Å². The summed E-state index contributed by atoms with van der Waals surface area (Å²) in [6.07, 6.45) is -0.982. The van der Waals surface area contributed by atoms with Gasteiger partial charge in [0.15, 0.2) is 0 Å². The maximum Gasteiger partial charge on any atom is 0.269 e. The average Bonchev–Trinajstić information content (AvgIpc) is 3.17. The standard InChI is InChI=1S/C20H18N2O5S/c1-27-17-11-18(14-5-3-2-4-6-14)28-19(17)20(24)21-12-16(23)13-7-9-15(10-8-13)22(25)26/h2-11,16,23H,12H2,1H3,(H,21,24)/t16-/m1/s1. The number of carbonyl (C=O) groups is 1. The number of nitro benzene ring substituents is 1. The van der Waals surface area contributed by atoms with E-state index in [9.17, 15) is 20.0 Å². The molecule has 0 aliphatic carbocycles. The van der Waals surface area contributed by atoms with Crippen LogP contribution >= 0.6 is 11.3 Å². The first-order chi connectivity index (χ1) is 13.5. The van der Waals surface area contributed by atoms with Crippen LogP contribution in [0.2, 0.25) is 0 Å². The van der Waals surface area contributed by atoms with E-state index in [4.69, 9.17) is 4.74 Å². The number of aliphatic hydroxyl groups is 1. The lowest BCUT2D eigenvalue weighted by Crippen LogP contribution is -2.28. The lowest BCUT2D eigenvalue weighted by Gasteiger charge is -2.12. The molecule has 1 amide bonds. The lowest BCUT2D eigenvalue weighted by atomic mass is 10.1. The molecular weight excluding hydrogens is 380 g/mol. The second-order valence-electron chi connectivity index (χ2n) is 5.95. The molecule has 0 bridgehead atoms. The van der Waals surface area contributed by atoms with Gasteiger partial charge in [-0.05, 0) is 29.3 Å². The van der Waals surface area contributed by atoms with Gasteiger partial charge in [0.25, 0.3) is 11.6 Å². The smallest absolute Gasteiger partial charge is 0.269 e. The normalized spacial score (nSPS) is 11.6. The summed E-state index contributed by atoms with van der Waals surface area (Å²) in [5.74, 6) is 0.108. The van der Waals surface area contributed by atoms with Crippen LogP contribution in [0.4, 0.5) is 5.69 Å². The molecule has 8 heteroatoms. The molecule has 0 spiro atoms. The highest BCUT2D eigenvalue weighted by molar-refractivity contribution is 7.17. The maximum atomic E-state index is 12.6. The van der Waals surface area contributed by atoms with Crippen LogP contribution in [0.25, 0.3) is 10.4 Å². The fraction of sp³-hybridized carbons (Fsp3) is 0.150. The van der Waals surface area contributed by atoms with E-state index in [-0.39, 0.29) is 18.1 Å². The van der Waals surface area contributed by atoms with Gasteiger partial charge in [-0.1, -0.05) is 30.3 Å². The molecule has 3 aromatic rings. The Labute approximate surface area is 165 Å². The van der Waals surface area contributed by atoms with Crippen LogP contribution in [0.15, 0.2) is 60.7 Å². The summed E-state index contributed by atoms with van der Waals surface area (Å²) >= 11 is 1.30. The fourth-order valence-corrected chi connectivity index (χ4v) is 3.68. The highest BCUT2D eigenvalue weighted by Crippen LogP contribution is 2.36. The summed E-state index contributed by atoms with van der Waals surface area (Å²) in [7, 11) is 1.50. The van der Waals surface area contributed by atoms with Crippen molar-refractivity contribution >= 4 is 22.9 Å². The first-order valence-corrected chi connectivity index (χ1v) is 9.25. The van der Waals surface area contributed by atoms with E-state index >= 15 is 0 Å². The first kappa shape index (κ1) is 19.5. The zero-order valence-electron chi connectivity index (χ0n) is 15.0. The van der Waals surface area contributed by atoms with Gasteiger partial charge in [0.2, 0.25) is 0 Å². The molecule has 0 aliphatic heterocycles. The summed E-state index contributed by atoms with van der Waals surface area (Å²) in [5, 5.41) is 23.6. The van der Waals surface area contributed by atoms with Crippen LogP contribution in [0.5, 0.6) is 5.75 Å².